The van der Waals surface area contributed by atoms with Crippen molar-refractivity contribution >= 4 is 5.91 Å². The highest BCUT2D eigenvalue weighted by molar-refractivity contribution is 5.82. The summed E-state index contributed by atoms with van der Waals surface area (Å²) in [5.41, 5.74) is 5.22. The van der Waals surface area contributed by atoms with E-state index >= 15 is 0 Å². The lowest BCUT2D eigenvalue weighted by atomic mass is 9.86. The summed E-state index contributed by atoms with van der Waals surface area (Å²) in [6.07, 6.45) is 2.60. The molecule has 3 N–H and O–H groups in total. The van der Waals surface area contributed by atoms with Crippen molar-refractivity contribution < 1.29 is 9.53 Å². The number of carbonyl (C=O) groups excluding carboxylic acids is 1. The molecule has 1 atom stereocenters. The Labute approximate surface area is 91.5 Å². The first-order valence-electron chi connectivity index (χ1n) is 5.71. The van der Waals surface area contributed by atoms with Gasteiger partial charge in [0.1, 0.15) is 0 Å². The van der Waals surface area contributed by atoms with Crippen LogP contribution >= 0.6 is 0 Å². The van der Waals surface area contributed by atoms with Crippen LogP contribution in [0.5, 0.6) is 0 Å². The van der Waals surface area contributed by atoms with Crippen LogP contribution in [0.4, 0.5) is 0 Å². The van der Waals surface area contributed by atoms with Gasteiger partial charge in [0.2, 0.25) is 5.91 Å². The molecule has 1 saturated heterocycles. The second kappa shape index (κ2) is 5.47. The van der Waals surface area contributed by atoms with Gasteiger partial charge in [-0.15, -0.1) is 0 Å². The smallest absolute Gasteiger partial charge is 0.227 e. The molecule has 0 aromatic heterocycles. The minimum Gasteiger partial charge on any atom is -0.381 e. The third kappa shape index (κ3) is 3.18. The lowest BCUT2D eigenvalue weighted by Crippen LogP contribution is -2.48. The summed E-state index contributed by atoms with van der Waals surface area (Å²) in [6.45, 7) is 5.81. The van der Waals surface area contributed by atoms with Crippen molar-refractivity contribution in [2.75, 3.05) is 19.8 Å². The number of ether oxygens (including phenoxy) is 1. The number of amides is 1. The molecule has 1 aliphatic heterocycles. The maximum Gasteiger partial charge on any atom is 0.227 e. The van der Waals surface area contributed by atoms with Crippen molar-refractivity contribution in [3.8, 4) is 0 Å². The molecule has 0 aromatic rings. The van der Waals surface area contributed by atoms with Gasteiger partial charge in [0.25, 0.3) is 0 Å². The van der Waals surface area contributed by atoms with Crippen LogP contribution in [-0.2, 0) is 9.53 Å². The molecule has 88 valence electrons. The van der Waals surface area contributed by atoms with Crippen LogP contribution < -0.4 is 11.1 Å². The Morgan fingerprint density at radius 1 is 1.53 bits per heavy atom. The third-order valence-electron chi connectivity index (χ3n) is 3.34. The summed E-state index contributed by atoms with van der Waals surface area (Å²) >= 11 is 0. The first-order chi connectivity index (χ1) is 7.12. The van der Waals surface area contributed by atoms with Crippen LogP contribution in [0.2, 0.25) is 0 Å². The SMILES string of the molecule is CCC(C)(CN)C(=O)NC1CCOCC1. The molecule has 15 heavy (non-hydrogen) atoms. The molecule has 0 bridgehead atoms. The topological polar surface area (TPSA) is 64.4 Å². The fourth-order valence-corrected chi connectivity index (χ4v) is 1.60. The van der Waals surface area contributed by atoms with Gasteiger partial charge in [-0.3, -0.25) is 4.79 Å². The highest BCUT2D eigenvalue weighted by atomic mass is 16.5. The molecule has 0 saturated carbocycles. The van der Waals surface area contributed by atoms with Crippen LogP contribution in [0.1, 0.15) is 33.1 Å². The quantitative estimate of drug-likeness (QED) is 0.722. The van der Waals surface area contributed by atoms with E-state index in [0.717, 1.165) is 32.5 Å². The van der Waals surface area contributed by atoms with Crippen LogP contribution in [0, 0.1) is 5.41 Å². The second-order valence-electron chi connectivity index (χ2n) is 4.48. The van der Waals surface area contributed by atoms with Crippen molar-refractivity contribution in [1.82, 2.24) is 5.32 Å². The van der Waals surface area contributed by atoms with E-state index in [4.69, 9.17) is 10.5 Å². The first-order valence-corrected chi connectivity index (χ1v) is 5.71. The van der Waals surface area contributed by atoms with E-state index in [1.165, 1.54) is 0 Å². The van der Waals surface area contributed by atoms with Crippen LogP contribution in [0.3, 0.4) is 0 Å². The normalized spacial score (nSPS) is 22.1. The minimum atomic E-state index is -0.418. The molecule has 1 heterocycles. The molecule has 4 heteroatoms. The standard InChI is InChI=1S/C11H22N2O2/c1-3-11(2,8-12)10(14)13-9-4-6-15-7-5-9/h9H,3-8,12H2,1-2H3,(H,13,14). The number of rotatable bonds is 4. The number of hydrogen-bond acceptors (Lipinski definition) is 3. The molecule has 1 amide bonds. The van der Waals surface area contributed by atoms with Crippen LogP contribution in [-0.4, -0.2) is 31.7 Å². The van der Waals surface area contributed by atoms with Gasteiger partial charge in [-0.1, -0.05) is 6.92 Å². The summed E-state index contributed by atoms with van der Waals surface area (Å²) in [5, 5.41) is 3.06. The van der Waals surface area contributed by atoms with E-state index in [9.17, 15) is 4.79 Å². The second-order valence-corrected chi connectivity index (χ2v) is 4.48. The maximum atomic E-state index is 12.0. The fraction of sp³-hybridized carbons (Fsp3) is 0.909. The predicted molar refractivity (Wildman–Crippen MR) is 59.4 cm³/mol. The van der Waals surface area contributed by atoms with Crippen molar-refractivity contribution in [3.63, 3.8) is 0 Å². The number of carbonyl (C=O) groups is 1. The van der Waals surface area contributed by atoms with Gasteiger partial charge in [0.05, 0.1) is 5.41 Å². The average molecular weight is 214 g/mol. The molecular weight excluding hydrogens is 192 g/mol. The number of nitrogens with one attached hydrogen (secondary N) is 1. The molecule has 1 fully saturated rings. The lowest BCUT2D eigenvalue weighted by molar-refractivity contribution is -0.131. The Morgan fingerprint density at radius 3 is 2.60 bits per heavy atom. The molecule has 0 aliphatic carbocycles. The molecule has 1 aliphatic rings. The Bertz CT molecular complexity index is 209. The highest BCUT2D eigenvalue weighted by Crippen LogP contribution is 2.20. The van der Waals surface area contributed by atoms with E-state index in [0.29, 0.717) is 6.54 Å². The van der Waals surface area contributed by atoms with Gasteiger partial charge in [-0.2, -0.15) is 0 Å². The molecule has 0 radical (unpaired) electrons. The largest absolute Gasteiger partial charge is 0.381 e. The van der Waals surface area contributed by atoms with Crippen molar-refractivity contribution in [2.45, 2.75) is 39.2 Å². The average Bonchev–Trinajstić information content (AvgIpc) is 2.29. The summed E-state index contributed by atoms with van der Waals surface area (Å²) < 4.78 is 5.24. The Hall–Kier alpha value is -0.610. The van der Waals surface area contributed by atoms with Gasteiger partial charge in [0.15, 0.2) is 0 Å². The zero-order valence-corrected chi connectivity index (χ0v) is 9.71. The summed E-state index contributed by atoms with van der Waals surface area (Å²) in [5.74, 6) is 0.0828. The molecule has 1 rings (SSSR count). The number of nitrogens with two attached hydrogens (primary N) is 1. The predicted octanol–water partition coefficient (Wildman–Crippen LogP) is 0.657. The van der Waals surface area contributed by atoms with Crippen molar-refractivity contribution in [1.29, 1.82) is 0 Å². The van der Waals surface area contributed by atoms with Crippen molar-refractivity contribution in [3.05, 3.63) is 0 Å². The molecular formula is C11H22N2O2. The van der Waals surface area contributed by atoms with Crippen molar-refractivity contribution in [2.24, 2.45) is 11.1 Å². The van der Waals surface area contributed by atoms with E-state index in [1.807, 2.05) is 13.8 Å². The van der Waals surface area contributed by atoms with Gasteiger partial charge >= 0.3 is 0 Å². The van der Waals surface area contributed by atoms with Gasteiger partial charge < -0.3 is 15.8 Å². The number of hydrogen-bond donors (Lipinski definition) is 2. The van der Waals surface area contributed by atoms with E-state index in [2.05, 4.69) is 5.32 Å². The van der Waals surface area contributed by atoms with Gasteiger partial charge in [0, 0.05) is 25.8 Å². The summed E-state index contributed by atoms with van der Waals surface area (Å²) in [4.78, 5) is 12.0. The lowest BCUT2D eigenvalue weighted by Gasteiger charge is -2.30. The third-order valence-corrected chi connectivity index (χ3v) is 3.34. The van der Waals surface area contributed by atoms with E-state index in [1.54, 1.807) is 0 Å². The van der Waals surface area contributed by atoms with E-state index < -0.39 is 5.41 Å². The highest BCUT2D eigenvalue weighted by Gasteiger charge is 2.31. The Morgan fingerprint density at radius 2 is 2.13 bits per heavy atom. The fourth-order valence-electron chi connectivity index (χ4n) is 1.60. The molecule has 4 nitrogen and oxygen atoms in total. The summed E-state index contributed by atoms with van der Waals surface area (Å²) in [7, 11) is 0. The van der Waals surface area contributed by atoms with Gasteiger partial charge in [-0.25, -0.2) is 0 Å². The van der Waals surface area contributed by atoms with E-state index in [-0.39, 0.29) is 11.9 Å². The monoisotopic (exact) mass is 214 g/mol. The van der Waals surface area contributed by atoms with Gasteiger partial charge in [-0.05, 0) is 26.2 Å². The maximum absolute atomic E-state index is 12.0. The minimum absolute atomic E-state index is 0.0828. The molecule has 1 unspecified atom stereocenters. The Kier molecular flexibility index (Phi) is 4.54. The first kappa shape index (κ1) is 12.5. The zero-order valence-electron chi connectivity index (χ0n) is 9.71. The van der Waals surface area contributed by atoms with Crippen LogP contribution in [0.15, 0.2) is 0 Å². The Balaban J connectivity index is 2.45. The molecule has 0 spiro atoms. The van der Waals surface area contributed by atoms with Crippen LogP contribution in [0.25, 0.3) is 0 Å². The summed E-state index contributed by atoms with van der Waals surface area (Å²) in [6, 6.07) is 0.267. The zero-order chi connectivity index (χ0) is 11.3. The molecule has 0 aromatic carbocycles.